The fourth-order valence-corrected chi connectivity index (χ4v) is 2.75. The Labute approximate surface area is 135 Å². The zero-order valence-corrected chi connectivity index (χ0v) is 13.4. The van der Waals surface area contributed by atoms with Crippen molar-refractivity contribution in [3.05, 3.63) is 70.9 Å². The summed E-state index contributed by atoms with van der Waals surface area (Å²) in [4.78, 5) is 11.6. The highest BCUT2D eigenvalue weighted by molar-refractivity contribution is 5.88. The summed E-state index contributed by atoms with van der Waals surface area (Å²) in [6.45, 7) is 5.99. The Kier molecular flexibility index (Phi) is 3.74. The molecule has 0 radical (unpaired) electrons. The van der Waals surface area contributed by atoms with Gasteiger partial charge in [-0.2, -0.15) is 5.10 Å². The number of rotatable bonds is 3. The van der Waals surface area contributed by atoms with Crippen molar-refractivity contribution < 1.29 is 9.90 Å². The Hall–Kier alpha value is -2.88. The number of carboxylic acids is 1. The van der Waals surface area contributed by atoms with Crippen LogP contribution in [0.2, 0.25) is 0 Å². The molecule has 1 N–H and O–H groups in total. The monoisotopic (exact) mass is 306 g/mol. The van der Waals surface area contributed by atoms with Gasteiger partial charge < -0.3 is 5.11 Å². The molecule has 0 bridgehead atoms. The van der Waals surface area contributed by atoms with Crippen molar-refractivity contribution in [1.82, 2.24) is 9.78 Å². The van der Waals surface area contributed by atoms with E-state index in [2.05, 4.69) is 11.2 Å². The summed E-state index contributed by atoms with van der Waals surface area (Å²) >= 11 is 0. The molecule has 3 rings (SSSR count). The van der Waals surface area contributed by atoms with Gasteiger partial charge in [0.05, 0.1) is 11.4 Å². The van der Waals surface area contributed by atoms with E-state index in [-0.39, 0.29) is 5.69 Å². The van der Waals surface area contributed by atoms with Gasteiger partial charge in [-0.25, -0.2) is 9.48 Å². The highest BCUT2D eigenvalue weighted by atomic mass is 16.4. The molecule has 0 unspecified atom stereocenters. The third-order valence-electron chi connectivity index (χ3n) is 3.93. The summed E-state index contributed by atoms with van der Waals surface area (Å²) in [6, 6.07) is 15.3. The van der Waals surface area contributed by atoms with E-state index in [9.17, 15) is 9.90 Å². The summed E-state index contributed by atoms with van der Waals surface area (Å²) in [7, 11) is 0. The quantitative estimate of drug-likeness (QED) is 0.790. The lowest BCUT2D eigenvalue weighted by Crippen LogP contribution is -2.08. The molecule has 0 amide bonds. The summed E-state index contributed by atoms with van der Waals surface area (Å²) in [5, 5.41) is 14.1. The highest BCUT2D eigenvalue weighted by Gasteiger charge is 2.18. The largest absolute Gasteiger partial charge is 0.477 e. The summed E-state index contributed by atoms with van der Waals surface area (Å²) in [6.07, 6.45) is 0. The second-order valence-electron chi connectivity index (χ2n) is 5.74. The number of carbonyl (C=O) groups is 1. The molecule has 116 valence electrons. The topological polar surface area (TPSA) is 55.1 Å². The van der Waals surface area contributed by atoms with Gasteiger partial charge >= 0.3 is 5.97 Å². The van der Waals surface area contributed by atoms with E-state index in [4.69, 9.17) is 0 Å². The van der Waals surface area contributed by atoms with Gasteiger partial charge in [-0.05, 0) is 44.0 Å². The van der Waals surface area contributed by atoms with Crippen molar-refractivity contribution in [2.45, 2.75) is 20.8 Å². The van der Waals surface area contributed by atoms with Crippen LogP contribution in [-0.4, -0.2) is 20.9 Å². The molecule has 23 heavy (non-hydrogen) atoms. The van der Waals surface area contributed by atoms with E-state index >= 15 is 0 Å². The number of para-hydroxylation sites is 1. The number of aromatic nitrogens is 2. The molecular weight excluding hydrogens is 288 g/mol. The van der Waals surface area contributed by atoms with Gasteiger partial charge in [-0.3, -0.25) is 0 Å². The number of hydrogen-bond donors (Lipinski definition) is 1. The average molecular weight is 306 g/mol. The molecule has 0 saturated heterocycles. The molecule has 0 fully saturated rings. The van der Waals surface area contributed by atoms with E-state index < -0.39 is 5.97 Å². The number of nitrogens with zero attached hydrogens (tertiary/aromatic N) is 2. The number of hydrogen-bond acceptors (Lipinski definition) is 2. The van der Waals surface area contributed by atoms with Crippen LogP contribution in [0.1, 0.15) is 27.2 Å². The van der Waals surface area contributed by atoms with Crippen LogP contribution in [0.15, 0.2) is 48.5 Å². The van der Waals surface area contributed by atoms with Crippen LogP contribution in [-0.2, 0) is 0 Å². The predicted molar refractivity (Wildman–Crippen MR) is 90.2 cm³/mol. The smallest absolute Gasteiger partial charge is 0.354 e. The van der Waals surface area contributed by atoms with Gasteiger partial charge in [0.15, 0.2) is 5.69 Å². The lowest BCUT2D eigenvalue weighted by atomic mass is 10.0. The summed E-state index contributed by atoms with van der Waals surface area (Å²) in [5.74, 6) is -0.989. The van der Waals surface area contributed by atoms with Crippen LogP contribution < -0.4 is 0 Å². The van der Waals surface area contributed by atoms with E-state index in [0.717, 1.165) is 22.4 Å². The van der Waals surface area contributed by atoms with E-state index in [1.165, 1.54) is 10.2 Å². The number of aromatic carboxylic acids is 1. The van der Waals surface area contributed by atoms with Crippen molar-refractivity contribution >= 4 is 5.97 Å². The molecule has 0 aliphatic rings. The summed E-state index contributed by atoms with van der Waals surface area (Å²) in [5.41, 5.74) is 5.79. The Morgan fingerprint density at radius 2 is 1.74 bits per heavy atom. The van der Waals surface area contributed by atoms with Crippen LogP contribution in [0.25, 0.3) is 16.9 Å². The minimum Gasteiger partial charge on any atom is -0.477 e. The van der Waals surface area contributed by atoms with Crippen molar-refractivity contribution in [1.29, 1.82) is 0 Å². The van der Waals surface area contributed by atoms with Gasteiger partial charge in [0.2, 0.25) is 0 Å². The van der Waals surface area contributed by atoms with Crippen molar-refractivity contribution in [2.75, 3.05) is 0 Å². The minimum absolute atomic E-state index is 0.161. The van der Waals surface area contributed by atoms with Crippen LogP contribution in [0.5, 0.6) is 0 Å². The second kappa shape index (κ2) is 5.72. The lowest BCUT2D eigenvalue weighted by molar-refractivity contribution is 0.0687. The molecule has 1 aromatic heterocycles. The van der Waals surface area contributed by atoms with Crippen LogP contribution >= 0.6 is 0 Å². The first-order valence-corrected chi connectivity index (χ1v) is 7.44. The molecule has 1 heterocycles. The first-order valence-electron chi connectivity index (χ1n) is 7.44. The summed E-state index contributed by atoms with van der Waals surface area (Å²) < 4.78 is 1.51. The fraction of sp³-hybridized carbons (Fsp3) is 0.158. The van der Waals surface area contributed by atoms with Gasteiger partial charge in [0, 0.05) is 5.56 Å². The third kappa shape index (κ3) is 2.75. The number of carboxylic acid groups (broad SMARTS) is 1. The van der Waals surface area contributed by atoms with Gasteiger partial charge in [0.1, 0.15) is 0 Å². The average Bonchev–Trinajstić information content (AvgIpc) is 2.92. The standard InChI is InChI=1S/C19H18N2O2/c1-12-8-9-15(14(3)10-12)16-11-18(19(22)23)21(20-16)17-7-5-4-6-13(17)2/h4-11H,1-3H3,(H,22,23). The van der Waals surface area contributed by atoms with E-state index in [0.29, 0.717) is 5.69 Å². The predicted octanol–water partition coefficient (Wildman–Crippen LogP) is 4.16. The lowest BCUT2D eigenvalue weighted by Gasteiger charge is -2.07. The molecule has 3 aromatic rings. The Morgan fingerprint density at radius 3 is 2.39 bits per heavy atom. The van der Waals surface area contributed by atoms with Crippen LogP contribution in [0.3, 0.4) is 0 Å². The van der Waals surface area contributed by atoms with Gasteiger partial charge in [-0.1, -0.05) is 42.0 Å². The maximum absolute atomic E-state index is 11.6. The Bertz CT molecular complexity index is 894. The molecule has 0 atom stereocenters. The number of aryl methyl sites for hydroxylation is 3. The van der Waals surface area contributed by atoms with Gasteiger partial charge in [0.25, 0.3) is 0 Å². The molecular formula is C19H18N2O2. The van der Waals surface area contributed by atoms with Gasteiger partial charge in [-0.15, -0.1) is 0 Å². The van der Waals surface area contributed by atoms with Crippen molar-refractivity contribution in [2.24, 2.45) is 0 Å². The maximum Gasteiger partial charge on any atom is 0.354 e. The van der Waals surface area contributed by atoms with Crippen molar-refractivity contribution in [3.8, 4) is 16.9 Å². The molecule has 4 nitrogen and oxygen atoms in total. The Balaban J connectivity index is 2.21. The van der Waals surface area contributed by atoms with E-state index in [1.54, 1.807) is 6.07 Å². The van der Waals surface area contributed by atoms with E-state index in [1.807, 2.05) is 57.2 Å². The first kappa shape index (κ1) is 15.0. The molecule has 4 heteroatoms. The van der Waals surface area contributed by atoms with Crippen molar-refractivity contribution in [3.63, 3.8) is 0 Å². The first-order chi connectivity index (χ1) is 11.0. The third-order valence-corrected chi connectivity index (χ3v) is 3.93. The molecule has 0 aliphatic heterocycles. The fourth-order valence-electron chi connectivity index (χ4n) is 2.75. The maximum atomic E-state index is 11.6. The normalized spacial score (nSPS) is 10.7. The molecule has 0 saturated carbocycles. The number of benzene rings is 2. The minimum atomic E-state index is -0.989. The van der Waals surface area contributed by atoms with Crippen LogP contribution in [0, 0.1) is 20.8 Å². The molecule has 0 aliphatic carbocycles. The second-order valence-corrected chi connectivity index (χ2v) is 5.74. The zero-order valence-electron chi connectivity index (χ0n) is 13.4. The van der Waals surface area contributed by atoms with Crippen LogP contribution in [0.4, 0.5) is 0 Å². The molecule has 2 aromatic carbocycles. The SMILES string of the molecule is Cc1ccc(-c2cc(C(=O)O)n(-c3ccccc3C)n2)c(C)c1. The zero-order chi connectivity index (χ0) is 16.6. The highest BCUT2D eigenvalue weighted by Crippen LogP contribution is 2.26. The molecule has 0 spiro atoms. The Morgan fingerprint density at radius 1 is 1.00 bits per heavy atom.